The summed E-state index contributed by atoms with van der Waals surface area (Å²) in [6, 6.07) is 0.342. The summed E-state index contributed by atoms with van der Waals surface area (Å²) in [5.41, 5.74) is -0.157. The Kier molecular flexibility index (Phi) is 4.37. The Morgan fingerprint density at radius 3 is 2.50 bits per heavy atom. The van der Waals surface area contributed by atoms with E-state index in [0.717, 1.165) is 13.0 Å². The Balaban J connectivity index is 2.44. The highest BCUT2D eigenvalue weighted by Crippen LogP contribution is 2.18. The Labute approximate surface area is 98.7 Å². The lowest BCUT2D eigenvalue weighted by atomic mass is 9.98. The zero-order valence-electron chi connectivity index (χ0n) is 10.6. The van der Waals surface area contributed by atoms with Gasteiger partial charge in [0.25, 0.3) is 0 Å². The topological polar surface area (TPSA) is 55.4 Å². The summed E-state index contributed by atoms with van der Waals surface area (Å²) in [6.45, 7) is 6.94. The van der Waals surface area contributed by atoms with Gasteiger partial charge in [0, 0.05) is 24.4 Å². The third-order valence-corrected chi connectivity index (χ3v) is 4.00. The number of rotatable bonds is 5. The fraction of sp³-hybridized carbons (Fsp3) is 1.00. The van der Waals surface area contributed by atoms with E-state index in [0.29, 0.717) is 12.5 Å². The lowest BCUT2D eigenvalue weighted by Crippen LogP contribution is -2.49. The van der Waals surface area contributed by atoms with Crippen LogP contribution in [0.1, 0.15) is 33.6 Å². The molecule has 0 radical (unpaired) electrons. The van der Waals surface area contributed by atoms with Crippen molar-refractivity contribution in [2.75, 3.05) is 18.6 Å². The molecule has 5 heteroatoms. The van der Waals surface area contributed by atoms with E-state index in [-0.39, 0.29) is 17.4 Å². The smallest absolute Gasteiger partial charge is 0.147 e. The first-order valence-corrected chi connectivity index (χ1v) is 7.83. The molecule has 4 nitrogen and oxygen atoms in total. The van der Waals surface area contributed by atoms with Crippen LogP contribution in [0.4, 0.5) is 0 Å². The second kappa shape index (κ2) is 5.02. The number of ether oxygens (including phenoxy) is 1. The molecule has 96 valence electrons. The molecule has 0 bridgehead atoms. The molecular formula is C11H23NO3S. The molecule has 1 saturated heterocycles. The predicted molar refractivity (Wildman–Crippen MR) is 65.4 cm³/mol. The van der Waals surface area contributed by atoms with Gasteiger partial charge in [0.05, 0.1) is 11.9 Å². The quantitative estimate of drug-likeness (QED) is 0.789. The van der Waals surface area contributed by atoms with E-state index in [1.54, 1.807) is 0 Å². The van der Waals surface area contributed by atoms with Gasteiger partial charge in [-0.05, 0) is 33.6 Å². The minimum atomic E-state index is -2.88. The van der Waals surface area contributed by atoms with Crippen molar-refractivity contribution in [3.63, 3.8) is 0 Å². The molecule has 0 saturated carbocycles. The summed E-state index contributed by atoms with van der Waals surface area (Å²) in [5, 5.41) is 3.49. The Morgan fingerprint density at radius 1 is 1.44 bits per heavy atom. The third kappa shape index (κ3) is 4.80. The summed E-state index contributed by atoms with van der Waals surface area (Å²) in [7, 11) is -2.88. The van der Waals surface area contributed by atoms with Gasteiger partial charge in [0.1, 0.15) is 9.84 Å². The molecule has 1 fully saturated rings. The molecule has 0 amide bonds. The molecule has 16 heavy (non-hydrogen) atoms. The number of hydrogen-bond donors (Lipinski definition) is 1. The lowest BCUT2D eigenvalue weighted by Gasteiger charge is -2.31. The normalized spacial score (nSPS) is 27.2. The summed E-state index contributed by atoms with van der Waals surface area (Å²) in [6.07, 6.45) is 3.14. The molecule has 1 aliphatic rings. The molecule has 2 atom stereocenters. The van der Waals surface area contributed by atoms with Crippen LogP contribution in [-0.2, 0) is 14.6 Å². The van der Waals surface area contributed by atoms with Crippen molar-refractivity contribution >= 4 is 9.84 Å². The maximum atomic E-state index is 11.1. The standard InChI is InChI=1S/C11H23NO3S/c1-9-10(5-7-15-9)12-11(2,3)6-8-16(4,13)14/h9-10,12H,5-8H2,1-4H3. The highest BCUT2D eigenvalue weighted by atomic mass is 32.2. The van der Waals surface area contributed by atoms with Crippen molar-refractivity contribution in [2.45, 2.75) is 51.3 Å². The zero-order valence-corrected chi connectivity index (χ0v) is 11.4. The van der Waals surface area contributed by atoms with Gasteiger partial charge in [0.15, 0.2) is 0 Å². The van der Waals surface area contributed by atoms with Gasteiger partial charge in [-0.2, -0.15) is 0 Å². The SMILES string of the molecule is CC1OCCC1NC(C)(C)CCS(C)(=O)=O. The Morgan fingerprint density at radius 2 is 2.06 bits per heavy atom. The van der Waals surface area contributed by atoms with Crippen LogP contribution in [0, 0.1) is 0 Å². The maximum Gasteiger partial charge on any atom is 0.147 e. The summed E-state index contributed by atoms with van der Waals surface area (Å²) in [5.74, 6) is 0.231. The first kappa shape index (κ1) is 13.9. The molecule has 0 aromatic rings. The molecular weight excluding hydrogens is 226 g/mol. The zero-order chi connectivity index (χ0) is 12.4. The van der Waals surface area contributed by atoms with Crippen LogP contribution in [0.2, 0.25) is 0 Å². The molecule has 0 spiro atoms. The average Bonchev–Trinajstić information content (AvgIpc) is 2.47. The van der Waals surface area contributed by atoms with Gasteiger partial charge in [-0.25, -0.2) is 8.42 Å². The number of nitrogens with one attached hydrogen (secondary N) is 1. The molecule has 1 rings (SSSR count). The molecule has 0 aromatic carbocycles. The first-order valence-electron chi connectivity index (χ1n) is 5.77. The summed E-state index contributed by atoms with van der Waals surface area (Å²) < 4.78 is 27.7. The average molecular weight is 249 g/mol. The fourth-order valence-electron chi connectivity index (χ4n) is 1.94. The van der Waals surface area contributed by atoms with Crippen LogP contribution in [0.15, 0.2) is 0 Å². The van der Waals surface area contributed by atoms with Crippen LogP contribution in [0.3, 0.4) is 0 Å². The summed E-state index contributed by atoms with van der Waals surface area (Å²) in [4.78, 5) is 0. The van der Waals surface area contributed by atoms with E-state index in [2.05, 4.69) is 12.2 Å². The van der Waals surface area contributed by atoms with Crippen molar-refractivity contribution in [2.24, 2.45) is 0 Å². The van der Waals surface area contributed by atoms with Gasteiger partial charge in [0.2, 0.25) is 0 Å². The van der Waals surface area contributed by atoms with Crippen LogP contribution >= 0.6 is 0 Å². The minimum absolute atomic E-state index is 0.157. The van der Waals surface area contributed by atoms with E-state index >= 15 is 0 Å². The van der Waals surface area contributed by atoms with Crippen molar-refractivity contribution in [1.82, 2.24) is 5.32 Å². The van der Waals surface area contributed by atoms with Crippen molar-refractivity contribution < 1.29 is 13.2 Å². The van der Waals surface area contributed by atoms with E-state index < -0.39 is 9.84 Å². The van der Waals surface area contributed by atoms with E-state index in [9.17, 15) is 8.42 Å². The second-order valence-electron chi connectivity index (χ2n) is 5.38. The van der Waals surface area contributed by atoms with E-state index in [1.165, 1.54) is 6.26 Å². The second-order valence-corrected chi connectivity index (χ2v) is 7.64. The van der Waals surface area contributed by atoms with Crippen LogP contribution in [0.5, 0.6) is 0 Å². The molecule has 0 aromatic heterocycles. The van der Waals surface area contributed by atoms with E-state index in [4.69, 9.17) is 4.74 Å². The summed E-state index contributed by atoms with van der Waals surface area (Å²) >= 11 is 0. The van der Waals surface area contributed by atoms with Gasteiger partial charge >= 0.3 is 0 Å². The Hall–Kier alpha value is -0.130. The highest BCUT2D eigenvalue weighted by molar-refractivity contribution is 7.90. The highest BCUT2D eigenvalue weighted by Gasteiger charge is 2.30. The van der Waals surface area contributed by atoms with Gasteiger partial charge < -0.3 is 10.1 Å². The Bertz CT molecular complexity index is 324. The molecule has 1 heterocycles. The number of hydrogen-bond acceptors (Lipinski definition) is 4. The molecule has 2 unspecified atom stereocenters. The third-order valence-electron chi connectivity index (χ3n) is 3.05. The van der Waals surface area contributed by atoms with Crippen molar-refractivity contribution in [3.05, 3.63) is 0 Å². The molecule has 0 aliphatic carbocycles. The monoisotopic (exact) mass is 249 g/mol. The fourth-order valence-corrected chi connectivity index (χ4v) is 2.82. The maximum absolute atomic E-state index is 11.1. The van der Waals surface area contributed by atoms with Crippen molar-refractivity contribution in [3.8, 4) is 0 Å². The number of sulfone groups is 1. The molecule has 1 N–H and O–H groups in total. The lowest BCUT2D eigenvalue weighted by molar-refractivity contribution is 0.106. The van der Waals surface area contributed by atoms with Crippen molar-refractivity contribution in [1.29, 1.82) is 0 Å². The van der Waals surface area contributed by atoms with Crippen LogP contribution < -0.4 is 5.32 Å². The van der Waals surface area contributed by atoms with E-state index in [1.807, 2.05) is 13.8 Å². The predicted octanol–water partition coefficient (Wildman–Crippen LogP) is 0.967. The van der Waals surface area contributed by atoms with Gasteiger partial charge in [-0.1, -0.05) is 0 Å². The first-order chi connectivity index (χ1) is 7.20. The molecule has 1 aliphatic heterocycles. The van der Waals surface area contributed by atoms with Gasteiger partial charge in [-0.3, -0.25) is 0 Å². The van der Waals surface area contributed by atoms with Gasteiger partial charge in [-0.15, -0.1) is 0 Å². The minimum Gasteiger partial charge on any atom is -0.377 e. The van der Waals surface area contributed by atoms with Crippen LogP contribution in [0.25, 0.3) is 0 Å². The largest absolute Gasteiger partial charge is 0.377 e. The van der Waals surface area contributed by atoms with Crippen LogP contribution in [-0.4, -0.2) is 44.7 Å².